The van der Waals surface area contributed by atoms with Crippen molar-refractivity contribution < 1.29 is 73.4 Å². The van der Waals surface area contributed by atoms with Crippen LogP contribution in [0.3, 0.4) is 0 Å². The quantitative estimate of drug-likeness (QED) is 0.116. The molecule has 8 saturated heterocycles. The van der Waals surface area contributed by atoms with Gasteiger partial charge in [-0.3, -0.25) is 24.0 Å². The normalized spacial score (nSPS) is 44.4. The predicted molar refractivity (Wildman–Crippen MR) is 216 cm³/mol. The van der Waals surface area contributed by atoms with E-state index in [1.54, 1.807) is 0 Å². The van der Waals surface area contributed by atoms with Gasteiger partial charge in [0, 0.05) is 57.3 Å². The largest absolute Gasteiger partial charge is 0.435 e. The van der Waals surface area contributed by atoms with Gasteiger partial charge in [0.15, 0.2) is 29.6 Å². The Balaban J connectivity index is 0.00000595. The smallest absolute Gasteiger partial charge is 0.308 e. The van der Waals surface area contributed by atoms with Gasteiger partial charge in [0.05, 0.1) is 18.9 Å². The highest BCUT2D eigenvalue weighted by Gasteiger charge is 2.71. The monoisotopic (exact) mass is 878 g/mol. The van der Waals surface area contributed by atoms with Gasteiger partial charge in [0.25, 0.3) is 0 Å². The molecule has 2 saturated carbocycles. The predicted octanol–water partition coefficient (Wildman–Crippen LogP) is 5.66. The van der Waals surface area contributed by atoms with E-state index in [0.717, 1.165) is 38.5 Å². The van der Waals surface area contributed by atoms with Crippen LogP contribution in [0.15, 0.2) is 0 Å². The number of unbranched alkanes of at least 4 members (excludes halogenated alkanes) is 1. The number of esters is 2. The number of carbonyl (C=O) groups is 5. The van der Waals surface area contributed by atoms with E-state index in [1.807, 2.05) is 27.7 Å². The lowest BCUT2D eigenvalue weighted by Gasteiger charge is -2.59. The third-order valence-corrected chi connectivity index (χ3v) is 15.9. The topological polar surface area (TPSA) is 202 Å². The lowest BCUT2D eigenvalue weighted by atomic mass is 9.58. The molecule has 2 N–H and O–H groups in total. The van der Waals surface area contributed by atoms with Crippen LogP contribution in [0.1, 0.15) is 146 Å². The lowest BCUT2D eigenvalue weighted by molar-refractivity contribution is -0.576. The van der Waals surface area contributed by atoms with Gasteiger partial charge in [-0.25, -0.2) is 19.6 Å². The van der Waals surface area contributed by atoms with E-state index < -0.39 is 71.8 Å². The minimum absolute atomic E-state index is 0. The van der Waals surface area contributed by atoms with Crippen LogP contribution >= 0.6 is 0 Å². The van der Waals surface area contributed by atoms with Crippen LogP contribution < -0.4 is 10.6 Å². The van der Waals surface area contributed by atoms with Crippen molar-refractivity contribution in [3.05, 3.63) is 0 Å². The first-order valence-electron chi connectivity index (χ1n) is 23.3. The summed E-state index contributed by atoms with van der Waals surface area (Å²) < 4.78 is 37.0. The minimum atomic E-state index is -0.950. The summed E-state index contributed by atoms with van der Waals surface area (Å²) in [5.74, 6) is -3.12. The maximum atomic E-state index is 13.0. The molecule has 62 heavy (non-hydrogen) atoms. The molecule has 10 aliphatic rings. The molecule has 0 aromatic heterocycles. The summed E-state index contributed by atoms with van der Waals surface area (Å²) >= 11 is 0. The third kappa shape index (κ3) is 8.58. The Morgan fingerprint density at radius 1 is 0.629 bits per heavy atom. The van der Waals surface area contributed by atoms with Crippen LogP contribution in [-0.2, 0) is 71.9 Å². The first-order chi connectivity index (χ1) is 29.5. The fourth-order valence-electron chi connectivity index (χ4n) is 12.3. The molecule has 10 rings (SSSR count). The molecule has 4 bridgehead atoms. The van der Waals surface area contributed by atoms with E-state index in [2.05, 4.69) is 24.5 Å². The number of carbonyl (C=O) groups excluding carboxylic acids is 5. The van der Waals surface area contributed by atoms with Crippen molar-refractivity contribution in [3.8, 4) is 0 Å². The van der Waals surface area contributed by atoms with Crippen LogP contribution in [-0.4, -0.2) is 90.1 Å². The first-order valence-corrected chi connectivity index (χ1v) is 23.3. The van der Waals surface area contributed by atoms with E-state index in [9.17, 15) is 24.0 Å². The van der Waals surface area contributed by atoms with Gasteiger partial charge in [0.1, 0.15) is 0 Å². The highest BCUT2D eigenvalue weighted by molar-refractivity contribution is 5.88. The van der Waals surface area contributed by atoms with Gasteiger partial charge in [0.2, 0.25) is 36.0 Å². The second-order valence-electron chi connectivity index (χ2n) is 20.1. The second kappa shape index (κ2) is 17.9. The van der Waals surface area contributed by atoms with Crippen LogP contribution in [0, 0.1) is 47.3 Å². The van der Waals surface area contributed by atoms with E-state index in [1.165, 1.54) is 6.92 Å². The van der Waals surface area contributed by atoms with E-state index in [-0.39, 0.29) is 74.3 Å². The van der Waals surface area contributed by atoms with Gasteiger partial charge in [-0.2, -0.15) is 0 Å². The minimum Gasteiger partial charge on any atom is -0.435 e. The summed E-state index contributed by atoms with van der Waals surface area (Å²) in [6.07, 6.45) is 4.66. The number of rotatable bonds is 15. The van der Waals surface area contributed by atoms with Gasteiger partial charge < -0.3 is 39.1 Å². The van der Waals surface area contributed by atoms with E-state index >= 15 is 0 Å². The number of amides is 2. The van der Waals surface area contributed by atoms with Crippen molar-refractivity contribution in [2.75, 3.05) is 6.54 Å². The van der Waals surface area contributed by atoms with Crippen molar-refractivity contribution in [2.45, 2.75) is 199 Å². The number of hydrogen-bond donors (Lipinski definition) is 2. The number of nitrogens with one attached hydrogen (secondary N) is 2. The molecule has 8 aliphatic heterocycles. The van der Waals surface area contributed by atoms with Crippen molar-refractivity contribution in [2.24, 2.45) is 47.3 Å². The molecule has 2 aliphatic carbocycles. The number of Topliss-reactive ketones (excluding diaryl/α,β-unsaturated/α-hetero) is 1. The molecule has 10 fully saturated rings. The Hall–Kier alpha value is -2.77. The summed E-state index contributed by atoms with van der Waals surface area (Å²) in [5, 5.41) is 5.57. The first kappa shape index (κ1) is 45.8. The van der Waals surface area contributed by atoms with Crippen molar-refractivity contribution in [1.82, 2.24) is 10.6 Å². The summed E-state index contributed by atoms with van der Waals surface area (Å²) in [4.78, 5) is 88.0. The zero-order valence-corrected chi connectivity index (χ0v) is 37.4. The molecule has 350 valence electrons. The summed E-state index contributed by atoms with van der Waals surface area (Å²) in [5.41, 5.74) is -1.53. The molecular formula is C45H70N2O15. The number of ketones is 1. The average Bonchev–Trinajstić information content (AvgIpc) is 3.60. The molecule has 17 atom stereocenters. The van der Waals surface area contributed by atoms with E-state index in [0.29, 0.717) is 50.5 Å². The van der Waals surface area contributed by atoms with Gasteiger partial charge in [-0.1, -0.05) is 27.7 Å². The molecule has 2 spiro atoms. The molecule has 0 radical (unpaired) electrons. The van der Waals surface area contributed by atoms with Crippen LogP contribution in [0.4, 0.5) is 0 Å². The van der Waals surface area contributed by atoms with E-state index in [4.69, 9.17) is 48.0 Å². The van der Waals surface area contributed by atoms with Crippen LogP contribution in [0.5, 0.6) is 0 Å². The van der Waals surface area contributed by atoms with Crippen LogP contribution in [0.25, 0.3) is 0 Å². The fourth-order valence-corrected chi connectivity index (χ4v) is 12.3. The Labute approximate surface area is 365 Å². The number of ether oxygens (including phenoxy) is 6. The molecule has 0 aromatic carbocycles. The maximum Gasteiger partial charge on any atom is 0.308 e. The molecule has 1 unspecified atom stereocenters. The SMILES string of the molecule is CC(=O)C(CCCCNC(=O)CCC(=O)O[C@@H]1O[C@@H]2O[C@@]3(C)CC[C@H]4[C@H](C)CC[C@@H]([C@H]1C)[C@@]24OO3)NC(=O)CCC(=O)O[C@@H]1O[C@@H]2O[C@@]3(C)CC[C@H]4[C@H](C)CC[C@@H]([C@H]1C)[C@@]24OO3.[HH]. The molecular weight excluding hydrogens is 808 g/mol. The summed E-state index contributed by atoms with van der Waals surface area (Å²) in [6, 6.07) is -0.738. The average molecular weight is 879 g/mol. The number of hydrogen-bond acceptors (Lipinski definition) is 15. The van der Waals surface area contributed by atoms with Gasteiger partial charge >= 0.3 is 11.9 Å². The number of fused-ring (bicyclic) bond motifs is 4. The molecule has 8 heterocycles. The molecule has 2 amide bonds. The maximum absolute atomic E-state index is 13.0. The zero-order valence-electron chi connectivity index (χ0n) is 37.4. The molecule has 17 nitrogen and oxygen atoms in total. The lowest BCUT2D eigenvalue weighted by Crippen LogP contribution is -2.70. The van der Waals surface area contributed by atoms with Crippen molar-refractivity contribution >= 4 is 29.5 Å². The van der Waals surface area contributed by atoms with Crippen molar-refractivity contribution in [3.63, 3.8) is 0 Å². The van der Waals surface area contributed by atoms with Gasteiger partial charge in [-0.15, -0.1) is 0 Å². The Morgan fingerprint density at radius 2 is 1.11 bits per heavy atom. The molecule has 17 heteroatoms. The Bertz CT molecular complexity index is 1720. The zero-order chi connectivity index (χ0) is 44.2. The van der Waals surface area contributed by atoms with Crippen molar-refractivity contribution in [1.29, 1.82) is 0 Å². The highest BCUT2D eigenvalue weighted by atomic mass is 17.3. The Kier molecular flexibility index (Phi) is 13.2. The highest BCUT2D eigenvalue weighted by Crippen LogP contribution is 2.62. The van der Waals surface area contributed by atoms with Gasteiger partial charge in [-0.05, 0) is 102 Å². The van der Waals surface area contributed by atoms with Crippen LogP contribution in [0.2, 0.25) is 0 Å². The Morgan fingerprint density at radius 3 is 1.60 bits per heavy atom. The fraction of sp³-hybridized carbons (Fsp3) is 0.889. The standard InChI is InChI=1S/C45H68N2O15.H2/c1-24-11-13-31-26(3)38(55-40-44(31)29(24)19-21-42(6,57-40)59-61-44)53-36(51)17-15-34(49)46-23-9-8-10-33(28(5)48)47-35(50)16-18-37(52)54-39-27(4)32-14-12-25(2)30-20-22-43(7)58-41(56-39)45(30,32)62-60-43;/h24-27,29-33,38-41H,8-23H2,1-7H3,(H,46,49)(H,47,50);1H/t24-,25-,26-,27-,29+,30+,31+,32+,33?,38-,39-,40-,41-,42-,43-,44-,45-;/m1./s1. The summed E-state index contributed by atoms with van der Waals surface area (Å²) in [6.45, 7) is 13.9. The molecule has 0 aromatic rings. The second-order valence-corrected chi connectivity index (χ2v) is 20.1. The summed E-state index contributed by atoms with van der Waals surface area (Å²) in [7, 11) is 0. The third-order valence-electron chi connectivity index (χ3n) is 15.9.